The minimum Gasteiger partial charge on any atom is -0.319 e. The van der Waals surface area contributed by atoms with Gasteiger partial charge in [0.1, 0.15) is 0 Å². The Morgan fingerprint density at radius 3 is 3.20 bits per heavy atom. The second-order valence-corrected chi connectivity index (χ2v) is 7.07. The number of hydrogen-bond acceptors (Lipinski definition) is 4. The first-order chi connectivity index (χ1) is 9.74. The molecule has 1 unspecified atom stereocenters. The summed E-state index contributed by atoms with van der Waals surface area (Å²) >= 11 is 1.80. The number of nitrogens with zero attached hydrogens (tertiary/aromatic N) is 2. The molecule has 1 aromatic carbocycles. The predicted octanol–water partition coefficient (Wildman–Crippen LogP) is 3.04. The number of piperidine rings is 1. The van der Waals surface area contributed by atoms with Crippen molar-refractivity contribution < 1.29 is 0 Å². The number of nitrogens with one attached hydrogen (secondary N) is 1. The number of fused-ring (bicyclic) bond motifs is 1. The van der Waals surface area contributed by atoms with Crippen molar-refractivity contribution in [1.82, 2.24) is 15.2 Å². The first-order valence-electron chi connectivity index (χ1n) is 7.47. The Hall–Kier alpha value is -0.970. The van der Waals surface area contributed by atoms with Gasteiger partial charge in [0.25, 0.3) is 0 Å². The summed E-state index contributed by atoms with van der Waals surface area (Å²) < 4.78 is 1.32. The van der Waals surface area contributed by atoms with Crippen molar-refractivity contribution in [2.75, 3.05) is 26.7 Å². The van der Waals surface area contributed by atoms with Crippen LogP contribution in [-0.4, -0.2) is 36.6 Å². The molecule has 0 saturated carbocycles. The number of benzene rings is 1. The summed E-state index contributed by atoms with van der Waals surface area (Å²) in [6.45, 7) is 6.76. The highest BCUT2D eigenvalue weighted by Gasteiger charge is 2.19. The highest BCUT2D eigenvalue weighted by atomic mass is 32.1. The fourth-order valence-electron chi connectivity index (χ4n) is 3.19. The lowest BCUT2D eigenvalue weighted by atomic mass is 9.97. The SMILES string of the molecule is CNCC1CCCN(Cc2ccc3nc(C)sc3c2)C1. The number of aryl methyl sites for hydroxylation is 1. The van der Waals surface area contributed by atoms with Gasteiger partial charge >= 0.3 is 0 Å². The highest BCUT2D eigenvalue weighted by Crippen LogP contribution is 2.24. The highest BCUT2D eigenvalue weighted by molar-refractivity contribution is 7.18. The number of thiazole rings is 1. The van der Waals surface area contributed by atoms with E-state index in [0.717, 1.165) is 29.5 Å². The maximum absolute atomic E-state index is 4.53. The van der Waals surface area contributed by atoms with Crippen LogP contribution in [0, 0.1) is 12.8 Å². The maximum atomic E-state index is 4.53. The number of likely N-dealkylation sites (tertiary alicyclic amines) is 1. The normalized spacial score (nSPS) is 20.6. The van der Waals surface area contributed by atoms with E-state index in [2.05, 4.69) is 47.4 Å². The molecule has 1 atom stereocenters. The minimum absolute atomic E-state index is 0.808. The molecular weight excluding hydrogens is 266 g/mol. The molecule has 108 valence electrons. The van der Waals surface area contributed by atoms with Crippen LogP contribution >= 0.6 is 11.3 Å². The van der Waals surface area contributed by atoms with Crippen LogP contribution in [0.5, 0.6) is 0 Å². The zero-order valence-corrected chi connectivity index (χ0v) is 13.2. The van der Waals surface area contributed by atoms with Crippen molar-refractivity contribution in [2.45, 2.75) is 26.3 Å². The van der Waals surface area contributed by atoms with E-state index in [1.807, 2.05) is 0 Å². The molecular formula is C16H23N3S. The van der Waals surface area contributed by atoms with Crippen LogP contribution in [0.15, 0.2) is 18.2 Å². The molecule has 0 radical (unpaired) electrons. The van der Waals surface area contributed by atoms with E-state index in [4.69, 9.17) is 0 Å². The maximum Gasteiger partial charge on any atom is 0.0907 e. The first kappa shape index (κ1) is 14.0. The van der Waals surface area contributed by atoms with Gasteiger partial charge in [0, 0.05) is 13.1 Å². The van der Waals surface area contributed by atoms with Crippen LogP contribution < -0.4 is 5.32 Å². The first-order valence-corrected chi connectivity index (χ1v) is 8.29. The fraction of sp³-hybridized carbons (Fsp3) is 0.562. The van der Waals surface area contributed by atoms with Gasteiger partial charge in [-0.25, -0.2) is 4.98 Å². The third-order valence-corrected chi connectivity index (χ3v) is 5.00. The lowest BCUT2D eigenvalue weighted by molar-refractivity contribution is 0.167. The van der Waals surface area contributed by atoms with E-state index < -0.39 is 0 Å². The Bertz CT molecular complexity index is 576. The summed E-state index contributed by atoms with van der Waals surface area (Å²) in [6.07, 6.45) is 2.69. The Morgan fingerprint density at radius 1 is 1.45 bits per heavy atom. The standard InChI is InChI=1S/C16H23N3S/c1-12-18-15-6-5-13(8-16(15)20-12)10-19-7-3-4-14(11-19)9-17-2/h5-6,8,14,17H,3-4,7,9-11H2,1-2H3. The molecule has 3 nitrogen and oxygen atoms in total. The van der Waals surface area contributed by atoms with Gasteiger partial charge in [0.2, 0.25) is 0 Å². The molecule has 2 heterocycles. The van der Waals surface area contributed by atoms with Crippen molar-refractivity contribution in [3.05, 3.63) is 28.8 Å². The molecule has 0 aliphatic carbocycles. The third-order valence-electron chi connectivity index (χ3n) is 4.06. The van der Waals surface area contributed by atoms with Gasteiger partial charge in [-0.1, -0.05) is 6.07 Å². The van der Waals surface area contributed by atoms with Crippen LogP contribution in [-0.2, 0) is 6.54 Å². The summed E-state index contributed by atoms with van der Waals surface area (Å²) in [5.74, 6) is 0.808. The van der Waals surface area contributed by atoms with Gasteiger partial charge in [-0.05, 0) is 63.5 Å². The van der Waals surface area contributed by atoms with Gasteiger partial charge in [-0.3, -0.25) is 4.90 Å². The molecule has 0 bridgehead atoms. The largest absolute Gasteiger partial charge is 0.319 e. The monoisotopic (exact) mass is 289 g/mol. The van der Waals surface area contributed by atoms with Gasteiger partial charge < -0.3 is 5.32 Å². The molecule has 1 aliphatic rings. The molecule has 1 saturated heterocycles. The summed E-state index contributed by atoms with van der Waals surface area (Å²) in [5.41, 5.74) is 2.56. The molecule has 1 aliphatic heterocycles. The predicted molar refractivity (Wildman–Crippen MR) is 86.3 cm³/mol. The summed E-state index contributed by atoms with van der Waals surface area (Å²) in [4.78, 5) is 7.13. The van der Waals surface area contributed by atoms with E-state index in [-0.39, 0.29) is 0 Å². The molecule has 0 amide bonds. The quantitative estimate of drug-likeness (QED) is 0.937. The lowest BCUT2D eigenvalue weighted by Gasteiger charge is -2.32. The molecule has 0 spiro atoms. The third kappa shape index (κ3) is 3.19. The van der Waals surface area contributed by atoms with Crippen LogP contribution in [0.3, 0.4) is 0 Å². The molecule has 1 fully saturated rings. The average molecular weight is 289 g/mol. The molecule has 4 heteroatoms. The zero-order valence-electron chi connectivity index (χ0n) is 12.4. The van der Waals surface area contributed by atoms with Gasteiger partial charge in [0.05, 0.1) is 15.2 Å². The van der Waals surface area contributed by atoms with Gasteiger partial charge in [-0.2, -0.15) is 0 Å². The van der Waals surface area contributed by atoms with Crippen molar-refractivity contribution >= 4 is 21.6 Å². The Morgan fingerprint density at radius 2 is 2.35 bits per heavy atom. The minimum atomic E-state index is 0.808. The van der Waals surface area contributed by atoms with Gasteiger partial charge in [0.15, 0.2) is 0 Å². The van der Waals surface area contributed by atoms with Crippen LogP contribution in [0.1, 0.15) is 23.4 Å². The molecule has 3 rings (SSSR count). The zero-order chi connectivity index (χ0) is 13.9. The summed E-state index contributed by atoms with van der Waals surface area (Å²) in [5, 5.41) is 4.47. The van der Waals surface area contributed by atoms with Crippen LogP contribution in [0.2, 0.25) is 0 Å². The molecule has 1 N–H and O–H groups in total. The second-order valence-electron chi connectivity index (χ2n) is 5.84. The molecule has 1 aromatic heterocycles. The Balaban J connectivity index is 1.68. The van der Waals surface area contributed by atoms with E-state index >= 15 is 0 Å². The Kier molecular flexibility index (Phi) is 4.34. The number of hydrogen-bond donors (Lipinski definition) is 1. The van der Waals surface area contributed by atoms with Crippen LogP contribution in [0.4, 0.5) is 0 Å². The number of rotatable bonds is 4. The van der Waals surface area contributed by atoms with Crippen molar-refractivity contribution in [3.63, 3.8) is 0 Å². The van der Waals surface area contributed by atoms with E-state index in [1.165, 1.54) is 36.2 Å². The summed E-state index contributed by atoms with van der Waals surface area (Å²) in [6, 6.07) is 6.73. The van der Waals surface area contributed by atoms with Crippen molar-refractivity contribution in [1.29, 1.82) is 0 Å². The topological polar surface area (TPSA) is 28.2 Å². The van der Waals surface area contributed by atoms with Gasteiger partial charge in [-0.15, -0.1) is 11.3 Å². The van der Waals surface area contributed by atoms with Crippen molar-refractivity contribution in [3.8, 4) is 0 Å². The Labute approximate surface area is 125 Å². The number of aromatic nitrogens is 1. The smallest absolute Gasteiger partial charge is 0.0907 e. The van der Waals surface area contributed by atoms with E-state index in [1.54, 1.807) is 11.3 Å². The lowest BCUT2D eigenvalue weighted by Crippen LogP contribution is -2.38. The average Bonchev–Trinajstić information content (AvgIpc) is 2.79. The summed E-state index contributed by atoms with van der Waals surface area (Å²) in [7, 11) is 2.05. The second kappa shape index (κ2) is 6.20. The molecule has 2 aromatic rings. The fourth-order valence-corrected chi connectivity index (χ4v) is 4.08. The van der Waals surface area contributed by atoms with E-state index in [9.17, 15) is 0 Å². The van der Waals surface area contributed by atoms with Crippen molar-refractivity contribution in [2.24, 2.45) is 5.92 Å². The van der Waals surface area contributed by atoms with Crippen LogP contribution in [0.25, 0.3) is 10.2 Å². The molecule has 20 heavy (non-hydrogen) atoms. The van der Waals surface area contributed by atoms with E-state index in [0.29, 0.717) is 0 Å².